The molecular weight excluding hydrogens is 453 g/mol. The third-order valence-electron chi connectivity index (χ3n) is 3.80. The van der Waals surface area contributed by atoms with Gasteiger partial charge in [-0.25, -0.2) is 12.7 Å². The number of sulfonamides is 1. The van der Waals surface area contributed by atoms with Crippen LogP contribution in [0.1, 0.15) is 26.0 Å². The van der Waals surface area contributed by atoms with Crippen molar-refractivity contribution >= 4 is 40.0 Å². The summed E-state index contributed by atoms with van der Waals surface area (Å²) < 4.78 is 26.7. The van der Waals surface area contributed by atoms with Crippen LogP contribution in [0.3, 0.4) is 0 Å². The fourth-order valence-corrected chi connectivity index (χ4v) is 3.37. The number of guanidine groups is 1. The molecule has 0 radical (unpaired) electrons. The Balaban J connectivity index is 0.00000576. The second kappa shape index (κ2) is 11.7. The first kappa shape index (κ1) is 24.2. The fourth-order valence-electron chi connectivity index (χ4n) is 2.44. The summed E-state index contributed by atoms with van der Waals surface area (Å²) in [7, 11) is 0.904. The Kier molecular flexibility index (Phi) is 11.4. The number of aryl methyl sites for hydroxylation is 1. The standard InChI is InChI=1S/C16H31N5O2S.HI/c1-6-17-16(20(4)14-15-10-8-12-19(15)3)18-11-9-13-21(7-2)24(5,22)23;/h8,10,12H,6-7,9,11,13-14H2,1-5H3,(H,17,18);1H. The van der Waals surface area contributed by atoms with E-state index in [0.717, 1.165) is 19.0 Å². The molecule has 0 aliphatic rings. The monoisotopic (exact) mass is 485 g/mol. The van der Waals surface area contributed by atoms with Crippen molar-refractivity contribution in [3.63, 3.8) is 0 Å². The second-order valence-corrected chi connectivity index (χ2v) is 7.79. The van der Waals surface area contributed by atoms with Gasteiger partial charge in [-0.15, -0.1) is 24.0 Å². The maximum Gasteiger partial charge on any atom is 0.211 e. The van der Waals surface area contributed by atoms with Gasteiger partial charge in [-0.2, -0.15) is 0 Å². The molecule has 9 heteroatoms. The summed E-state index contributed by atoms with van der Waals surface area (Å²) in [5.41, 5.74) is 1.21. The van der Waals surface area contributed by atoms with E-state index in [-0.39, 0.29) is 24.0 Å². The highest BCUT2D eigenvalue weighted by Gasteiger charge is 2.13. The minimum atomic E-state index is -3.13. The van der Waals surface area contributed by atoms with Gasteiger partial charge in [0, 0.05) is 52.2 Å². The normalized spacial score (nSPS) is 12.2. The molecule has 1 aromatic heterocycles. The Morgan fingerprint density at radius 3 is 2.52 bits per heavy atom. The predicted molar refractivity (Wildman–Crippen MR) is 115 cm³/mol. The molecule has 0 atom stereocenters. The SMILES string of the molecule is CCNC(=NCCCN(CC)S(C)(=O)=O)N(C)Cc1cccn1C.I. The highest BCUT2D eigenvalue weighted by atomic mass is 127. The van der Waals surface area contributed by atoms with Crippen LogP contribution in [0.15, 0.2) is 23.3 Å². The number of hydrogen-bond donors (Lipinski definition) is 1. The molecule has 25 heavy (non-hydrogen) atoms. The van der Waals surface area contributed by atoms with E-state index in [2.05, 4.69) is 25.8 Å². The summed E-state index contributed by atoms with van der Waals surface area (Å²) in [6, 6.07) is 4.11. The van der Waals surface area contributed by atoms with E-state index in [1.54, 1.807) is 0 Å². The molecule has 7 nitrogen and oxygen atoms in total. The fraction of sp³-hybridized carbons (Fsp3) is 0.688. The van der Waals surface area contributed by atoms with Crippen LogP contribution in [0.25, 0.3) is 0 Å². The molecule has 1 N–H and O–H groups in total. The lowest BCUT2D eigenvalue weighted by atomic mass is 10.4. The topological polar surface area (TPSA) is 69.9 Å². The molecule has 0 unspecified atom stereocenters. The van der Waals surface area contributed by atoms with E-state index in [4.69, 9.17) is 0 Å². The van der Waals surface area contributed by atoms with E-state index in [1.807, 2.05) is 40.2 Å². The Morgan fingerprint density at radius 2 is 2.04 bits per heavy atom. The third-order valence-corrected chi connectivity index (χ3v) is 5.17. The van der Waals surface area contributed by atoms with Gasteiger partial charge in [0.05, 0.1) is 12.8 Å². The molecule has 0 aliphatic carbocycles. The summed E-state index contributed by atoms with van der Waals surface area (Å²) in [4.78, 5) is 6.69. The number of nitrogens with zero attached hydrogens (tertiary/aromatic N) is 4. The van der Waals surface area contributed by atoms with E-state index >= 15 is 0 Å². The summed E-state index contributed by atoms with van der Waals surface area (Å²) in [5, 5.41) is 3.28. The summed E-state index contributed by atoms with van der Waals surface area (Å²) in [6.07, 6.45) is 3.98. The zero-order chi connectivity index (χ0) is 18.2. The largest absolute Gasteiger partial charge is 0.357 e. The Labute approximate surface area is 169 Å². The van der Waals surface area contributed by atoms with Gasteiger partial charge in [-0.1, -0.05) is 6.92 Å². The van der Waals surface area contributed by atoms with Crippen LogP contribution in [0.5, 0.6) is 0 Å². The molecule has 1 aromatic rings. The van der Waals surface area contributed by atoms with Crippen molar-refractivity contribution in [2.45, 2.75) is 26.8 Å². The highest BCUT2D eigenvalue weighted by Crippen LogP contribution is 2.04. The van der Waals surface area contributed by atoms with Crippen LogP contribution >= 0.6 is 24.0 Å². The summed E-state index contributed by atoms with van der Waals surface area (Å²) in [6.45, 7) is 7.03. The molecular formula is C16H32IN5O2S. The van der Waals surface area contributed by atoms with Crippen LogP contribution < -0.4 is 5.32 Å². The number of halogens is 1. The van der Waals surface area contributed by atoms with E-state index in [0.29, 0.717) is 26.1 Å². The van der Waals surface area contributed by atoms with Crippen LogP contribution in [0, 0.1) is 0 Å². The molecule has 0 amide bonds. The lowest BCUT2D eigenvalue weighted by Gasteiger charge is -2.22. The van der Waals surface area contributed by atoms with Crippen molar-refractivity contribution in [1.82, 2.24) is 19.1 Å². The van der Waals surface area contributed by atoms with Gasteiger partial charge in [0.25, 0.3) is 0 Å². The first-order valence-corrected chi connectivity index (χ1v) is 10.2. The third kappa shape index (κ3) is 8.41. The molecule has 0 fully saturated rings. The van der Waals surface area contributed by atoms with Crippen LogP contribution in [0.4, 0.5) is 0 Å². The number of rotatable bonds is 9. The number of aromatic nitrogens is 1. The Bertz CT molecular complexity index is 630. The Hall–Kier alpha value is -0.810. The first-order chi connectivity index (χ1) is 11.3. The van der Waals surface area contributed by atoms with Crippen LogP contribution in [-0.2, 0) is 23.6 Å². The van der Waals surface area contributed by atoms with Gasteiger partial charge < -0.3 is 14.8 Å². The van der Waals surface area contributed by atoms with Gasteiger partial charge in [-0.05, 0) is 25.5 Å². The number of nitrogens with one attached hydrogen (secondary N) is 1. The molecule has 0 saturated heterocycles. The molecule has 0 spiro atoms. The summed E-state index contributed by atoms with van der Waals surface area (Å²) in [5.74, 6) is 0.834. The predicted octanol–water partition coefficient (Wildman–Crippen LogP) is 1.71. The Morgan fingerprint density at radius 1 is 1.36 bits per heavy atom. The minimum Gasteiger partial charge on any atom is -0.357 e. The summed E-state index contributed by atoms with van der Waals surface area (Å²) >= 11 is 0. The lowest BCUT2D eigenvalue weighted by Crippen LogP contribution is -2.39. The van der Waals surface area contributed by atoms with E-state index in [9.17, 15) is 8.42 Å². The highest BCUT2D eigenvalue weighted by molar-refractivity contribution is 14.0. The lowest BCUT2D eigenvalue weighted by molar-refractivity contribution is 0.424. The van der Waals surface area contributed by atoms with Crippen molar-refractivity contribution < 1.29 is 8.42 Å². The minimum absolute atomic E-state index is 0. The van der Waals surface area contributed by atoms with Gasteiger partial charge in [0.1, 0.15) is 0 Å². The van der Waals surface area contributed by atoms with Crippen molar-refractivity contribution in [3.8, 4) is 0 Å². The smallest absolute Gasteiger partial charge is 0.211 e. The average molecular weight is 485 g/mol. The maximum atomic E-state index is 11.6. The molecule has 146 valence electrons. The van der Waals surface area contributed by atoms with Gasteiger partial charge in [0.2, 0.25) is 10.0 Å². The first-order valence-electron chi connectivity index (χ1n) is 8.34. The second-order valence-electron chi connectivity index (χ2n) is 5.81. The van der Waals surface area contributed by atoms with Gasteiger partial charge >= 0.3 is 0 Å². The number of aliphatic imine (C=N–C) groups is 1. The van der Waals surface area contributed by atoms with E-state index in [1.165, 1.54) is 16.3 Å². The molecule has 0 aromatic carbocycles. The number of hydrogen-bond acceptors (Lipinski definition) is 3. The van der Waals surface area contributed by atoms with E-state index < -0.39 is 10.0 Å². The van der Waals surface area contributed by atoms with Crippen LogP contribution in [0.2, 0.25) is 0 Å². The van der Waals surface area contributed by atoms with Crippen molar-refractivity contribution in [3.05, 3.63) is 24.0 Å². The zero-order valence-electron chi connectivity index (χ0n) is 15.9. The van der Waals surface area contributed by atoms with Crippen molar-refractivity contribution in [2.75, 3.05) is 39.5 Å². The van der Waals surface area contributed by atoms with Gasteiger partial charge in [0.15, 0.2) is 5.96 Å². The quantitative estimate of drug-likeness (QED) is 0.250. The average Bonchev–Trinajstić information content (AvgIpc) is 2.89. The molecule has 0 aliphatic heterocycles. The molecule has 1 heterocycles. The van der Waals surface area contributed by atoms with Crippen molar-refractivity contribution in [2.24, 2.45) is 12.0 Å². The maximum absolute atomic E-state index is 11.6. The van der Waals surface area contributed by atoms with Gasteiger partial charge in [-0.3, -0.25) is 4.99 Å². The van der Waals surface area contributed by atoms with Crippen LogP contribution in [-0.4, -0.2) is 67.6 Å². The molecule has 0 bridgehead atoms. The molecule has 1 rings (SSSR count). The molecule has 0 saturated carbocycles. The van der Waals surface area contributed by atoms with Crippen molar-refractivity contribution in [1.29, 1.82) is 0 Å². The zero-order valence-corrected chi connectivity index (χ0v) is 19.0.